The lowest BCUT2D eigenvalue weighted by Gasteiger charge is -2.21. The van der Waals surface area contributed by atoms with E-state index in [4.69, 9.17) is 0 Å². The van der Waals surface area contributed by atoms with Gasteiger partial charge >= 0.3 is 0 Å². The summed E-state index contributed by atoms with van der Waals surface area (Å²) in [5.41, 5.74) is 5.03. The third-order valence-corrected chi connectivity index (χ3v) is 4.24. The van der Waals surface area contributed by atoms with E-state index < -0.39 is 0 Å². The molecule has 0 aromatic heterocycles. The number of benzene rings is 2. The summed E-state index contributed by atoms with van der Waals surface area (Å²) < 4.78 is 0. The Hall–Kier alpha value is -2.29. The number of amides is 1. The highest BCUT2D eigenvalue weighted by molar-refractivity contribution is 6.05. The van der Waals surface area contributed by atoms with E-state index in [-0.39, 0.29) is 5.91 Å². The molecule has 2 rings (SSSR count). The molecule has 0 bridgehead atoms. The summed E-state index contributed by atoms with van der Waals surface area (Å²) in [5.74, 6) is -0.0555. The Balaban J connectivity index is 2.19. The monoisotopic (exact) mass is 310 g/mol. The maximum Gasteiger partial charge on any atom is 0.255 e. The van der Waals surface area contributed by atoms with Crippen LogP contribution in [0.15, 0.2) is 42.5 Å². The quantitative estimate of drug-likeness (QED) is 0.842. The van der Waals surface area contributed by atoms with Crippen LogP contribution in [0.4, 0.5) is 11.4 Å². The molecule has 0 aliphatic heterocycles. The number of para-hydroxylation sites is 1. The predicted octanol–water partition coefficient (Wildman–Crippen LogP) is 4.66. The van der Waals surface area contributed by atoms with Crippen LogP contribution in [0.2, 0.25) is 0 Å². The van der Waals surface area contributed by atoms with Gasteiger partial charge in [0.25, 0.3) is 5.91 Å². The molecule has 0 fully saturated rings. The molecule has 1 amide bonds. The number of anilines is 2. The van der Waals surface area contributed by atoms with Crippen molar-refractivity contribution in [3.05, 3.63) is 59.2 Å². The molecule has 0 unspecified atom stereocenters. The van der Waals surface area contributed by atoms with Crippen LogP contribution >= 0.6 is 0 Å². The van der Waals surface area contributed by atoms with Crippen molar-refractivity contribution >= 4 is 17.3 Å². The molecular weight excluding hydrogens is 284 g/mol. The number of aryl methyl sites for hydroxylation is 2. The lowest BCUT2D eigenvalue weighted by Crippen LogP contribution is -2.22. The van der Waals surface area contributed by atoms with Crippen LogP contribution in [0.5, 0.6) is 0 Å². The van der Waals surface area contributed by atoms with Gasteiger partial charge in [-0.15, -0.1) is 0 Å². The number of hydrogen-bond donors (Lipinski definition) is 1. The number of nitrogens with zero attached hydrogens (tertiary/aromatic N) is 1. The molecule has 0 aliphatic carbocycles. The van der Waals surface area contributed by atoms with Gasteiger partial charge in [0.15, 0.2) is 0 Å². The Morgan fingerprint density at radius 3 is 2.22 bits per heavy atom. The lowest BCUT2D eigenvalue weighted by atomic mass is 10.1. The molecular formula is C20H26N2O. The molecule has 23 heavy (non-hydrogen) atoms. The van der Waals surface area contributed by atoms with Crippen LogP contribution in [0, 0.1) is 6.92 Å². The van der Waals surface area contributed by atoms with Gasteiger partial charge in [-0.1, -0.05) is 25.1 Å². The fourth-order valence-electron chi connectivity index (χ4n) is 2.80. The number of nitrogens with one attached hydrogen (secondary N) is 1. The first-order chi connectivity index (χ1) is 11.1. The Bertz CT molecular complexity index is 658. The van der Waals surface area contributed by atoms with Crippen molar-refractivity contribution in [3.8, 4) is 0 Å². The third-order valence-electron chi connectivity index (χ3n) is 4.24. The smallest absolute Gasteiger partial charge is 0.255 e. The fourth-order valence-corrected chi connectivity index (χ4v) is 2.80. The number of carbonyl (C=O) groups is 1. The topological polar surface area (TPSA) is 32.3 Å². The molecule has 0 saturated heterocycles. The molecule has 3 nitrogen and oxygen atoms in total. The number of carbonyl (C=O) groups excluding carboxylic acids is 1. The Morgan fingerprint density at radius 1 is 1.00 bits per heavy atom. The predicted molar refractivity (Wildman–Crippen MR) is 98.5 cm³/mol. The zero-order valence-electron chi connectivity index (χ0n) is 14.5. The minimum Gasteiger partial charge on any atom is -0.372 e. The van der Waals surface area contributed by atoms with Crippen molar-refractivity contribution in [2.24, 2.45) is 0 Å². The standard InChI is InChI=1S/C20H26N2O/c1-5-16-10-8-9-15(4)19(16)21-20(23)17-11-13-18(14-12-17)22(6-2)7-3/h8-14H,5-7H2,1-4H3,(H,21,23). The summed E-state index contributed by atoms with van der Waals surface area (Å²) in [6.07, 6.45) is 0.901. The molecule has 0 atom stereocenters. The van der Waals surface area contributed by atoms with E-state index in [0.717, 1.165) is 42.0 Å². The van der Waals surface area contributed by atoms with Crippen LogP contribution in [0.3, 0.4) is 0 Å². The first kappa shape index (κ1) is 17.1. The molecule has 0 spiro atoms. The SMILES string of the molecule is CCc1cccc(C)c1NC(=O)c1ccc(N(CC)CC)cc1. The van der Waals surface area contributed by atoms with Crippen molar-refractivity contribution in [2.75, 3.05) is 23.3 Å². The second-order valence-corrected chi connectivity index (χ2v) is 5.64. The summed E-state index contributed by atoms with van der Waals surface area (Å²) in [6, 6.07) is 13.9. The second kappa shape index (κ2) is 7.82. The van der Waals surface area contributed by atoms with Crippen LogP contribution in [0.25, 0.3) is 0 Å². The Kier molecular flexibility index (Phi) is 5.80. The van der Waals surface area contributed by atoms with Crippen LogP contribution in [0.1, 0.15) is 42.3 Å². The molecule has 0 aliphatic rings. The zero-order chi connectivity index (χ0) is 16.8. The maximum absolute atomic E-state index is 12.5. The van der Waals surface area contributed by atoms with Gasteiger partial charge in [-0.05, 0) is 62.6 Å². The summed E-state index contributed by atoms with van der Waals surface area (Å²) in [7, 11) is 0. The molecule has 0 heterocycles. The van der Waals surface area contributed by atoms with Crippen molar-refractivity contribution in [1.29, 1.82) is 0 Å². The molecule has 2 aromatic carbocycles. The van der Waals surface area contributed by atoms with Crippen LogP contribution < -0.4 is 10.2 Å². The molecule has 2 aromatic rings. The van der Waals surface area contributed by atoms with Gasteiger partial charge in [0.2, 0.25) is 0 Å². The molecule has 0 saturated carbocycles. The van der Waals surface area contributed by atoms with E-state index in [0.29, 0.717) is 5.56 Å². The van der Waals surface area contributed by atoms with Gasteiger partial charge < -0.3 is 10.2 Å². The van der Waals surface area contributed by atoms with Crippen molar-refractivity contribution < 1.29 is 4.79 Å². The van der Waals surface area contributed by atoms with E-state index >= 15 is 0 Å². The lowest BCUT2D eigenvalue weighted by molar-refractivity contribution is 0.102. The first-order valence-electron chi connectivity index (χ1n) is 8.35. The second-order valence-electron chi connectivity index (χ2n) is 5.64. The summed E-state index contributed by atoms with van der Waals surface area (Å²) in [5, 5.41) is 3.07. The van der Waals surface area contributed by atoms with E-state index in [1.54, 1.807) is 0 Å². The fraction of sp³-hybridized carbons (Fsp3) is 0.350. The minimum absolute atomic E-state index is 0.0555. The van der Waals surface area contributed by atoms with Crippen LogP contribution in [-0.2, 0) is 6.42 Å². The van der Waals surface area contributed by atoms with Gasteiger partial charge in [0.05, 0.1) is 0 Å². The van der Waals surface area contributed by atoms with Crippen molar-refractivity contribution in [1.82, 2.24) is 0 Å². The van der Waals surface area contributed by atoms with Gasteiger partial charge in [-0.25, -0.2) is 0 Å². The maximum atomic E-state index is 12.5. The van der Waals surface area contributed by atoms with Crippen molar-refractivity contribution in [3.63, 3.8) is 0 Å². The average molecular weight is 310 g/mol. The molecule has 1 N–H and O–H groups in total. The van der Waals surface area contributed by atoms with Crippen LogP contribution in [-0.4, -0.2) is 19.0 Å². The van der Waals surface area contributed by atoms with E-state index in [1.807, 2.05) is 43.3 Å². The van der Waals surface area contributed by atoms with E-state index in [1.165, 1.54) is 0 Å². The zero-order valence-corrected chi connectivity index (χ0v) is 14.5. The minimum atomic E-state index is -0.0555. The largest absolute Gasteiger partial charge is 0.372 e. The number of rotatable bonds is 6. The highest BCUT2D eigenvalue weighted by Gasteiger charge is 2.11. The Morgan fingerprint density at radius 2 is 1.65 bits per heavy atom. The first-order valence-corrected chi connectivity index (χ1v) is 8.35. The van der Waals surface area contributed by atoms with E-state index in [9.17, 15) is 4.79 Å². The summed E-state index contributed by atoms with van der Waals surface area (Å²) >= 11 is 0. The third kappa shape index (κ3) is 3.92. The molecule has 3 heteroatoms. The van der Waals surface area contributed by atoms with Gasteiger partial charge in [0.1, 0.15) is 0 Å². The summed E-state index contributed by atoms with van der Waals surface area (Å²) in [6.45, 7) is 10.3. The van der Waals surface area contributed by atoms with Gasteiger partial charge in [0, 0.05) is 30.0 Å². The Labute approximate surface area is 139 Å². The highest BCUT2D eigenvalue weighted by atomic mass is 16.1. The van der Waals surface area contributed by atoms with Gasteiger partial charge in [-0.2, -0.15) is 0 Å². The molecule has 122 valence electrons. The highest BCUT2D eigenvalue weighted by Crippen LogP contribution is 2.22. The average Bonchev–Trinajstić information content (AvgIpc) is 2.58. The van der Waals surface area contributed by atoms with Crippen molar-refractivity contribution in [2.45, 2.75) is 34.1 Å². The van der Waals surface area contributed by atoms with Gasteiger partial charge in [-0.3, -0.25) is 4.79 Å². The number of hydrogen-bond acceptors (Lipinski definition) is 2. The normalized spacial score (nSPS) is 10.4. The summed E-state index contributed by atoms with van der Waals surface area (Å²) in [4.78, 5) is 14.8. The van der Waals surface area contributed by atoms with E-state index in [2.05, 4.69) is 37.1 Å². The molecule has 0 radical (unpaired) electrons.